The lowest BCUT2D eigenvalue weighted by Gasteiger charge is -2.34. The molecule has 0 unspecified atom stereocenters. The number of rotatable bonds is 5. The minimum absolute atomic E-state index is 0.00425. The zero-order chi connectivity index (χ0) is 27.5. The van der Waals surface area contributed by atoms with E-state index < -0.39 is 32.2 Å². The van der Waals surface area contributed by atoms with Crippen molar-refractivity contribution >= 4 is 31.6 Å². The van der Waals surface area contributed by atoms with Gasteiger partial charge < -0.3 is 14.4 Å². The molecule has 1 N–H and O–H groups in total. The van der Waals surface area contributed by atoms with Crippen LogP contribution in [0.4, 0.5) is 5.69 Å². The van der Waals surface area contributed by atoms with Gasteiger partial charge in [-0.25, -0.2) is 16.8 Å². The maximum Gasteiger partial charge on any atom is 0.262 e. The number of benzene rings is 2. The topological polar surface area (TPSA) is 122 Å². The molecule has 0 bridgehead atoms. The van der Waals surface area contributed by atoms with Gasteiger partial charge in [-0.3, -0.25) is 9.52 Å². The van der Waals surface area contributed by atoms with Crippen molar-refractivity contribution in [2.45, 2.75) is 37.8 Å². The number of amides is 1. The number of hydrogen-bond acceptors (Lipinski definition) is 7. The normalized spacial score (nSPS) is 22.4. The summed E-state index contributed by atoms with van der Waals surface area (Å²) in [6.07, 6.45) is 0.720. The highest BCUT2D eigenvalue weighted by Gasteiger charge is 2.32. The summed E-state index contributed by atoms with van der Waals surface area (Å²) in [6.45, 7) is 5.71. The van der Waals surface area contributed by atoms with E-state index in [1.807, 2.05) is 6.92 Å². The Hall–Kier alpha value is -2.67. The zero-order valence-electron chi connectivity index (χ0n) is 22.0. The fraction of sp³-hybridized carbons (Fsp3) is 0.480. The molecule has 0 radical (unpaired) electrons. The molecule has 1 aliphatic rings. The molecule has 0 aromatic heterocycles. The molecule has 0 saturated carbocycles. The Morgan fingerprint density at radius 2 is 1.73 bits per heavy atom. The first-order chi connectivity index (χ1) is 17.2. The number of likely N-dealkylation sites (N-methyl/N-ethyl adjacent to an activating group) is 1. The highest BCUT2D eigenvalue weighted by Crippen LogP contribution is 2.28. The minimum atomic E-state index is -3.90. The van der Waals surface area contributed by atoms with Crippen molar-refractivity contribution in [1.82, 2.24) is 9.21 Å². The molecule has 1 heterocycles. The van der Waals surface area contributed by atoms with E-state index >= 15 is 0 Å². The molecule has 0 spiro atoms. The van der Waals surface area contributed by atoms with Crippen LogP contribution in [0.25, 0.3) is 0 Å². The SMILES string of the molecule is CO[C@H]1CN(C)C(=O)c2cc(NS(=O)(=O)c3ccccc3C)ccc2OC[C@@H](C)N(S(C)(=O)=O)C[C@@H]1C. The second kappa shape index (κ2) is 11.4. The van der Waals surface area contributed by atoms with Crippen LogP contribution in [0.3, 0.4) is 0 Å². The van der Waals surface area contributed by atoms with Gasteiger partial charge in [-0.15, -0.1) is 0 Å². The second-order valence-corrected chi connectivity index (χ2v) is 13.1. The quantitative estimate of drug-likeness (QED) is 0.604. The summed E-state index contributed by atoms with van der Waals surface area (Å²) in [5.41, 5.74) is 0.931. The van der Waals surface area contributed by atoms with Gasteiger partial charge in [0, 0.05) is 32.9 Å². The summed E-state index contributed by atoms with van der Waals surface area (Å²) in [6, 6.07) is 10.5. The van der Waals surface area contributed by atoms with E-state index in [-0.39, 0.29) is 53.4 Å². The Labute approximate surface area is 219 Å². The third-order valence-electron chi connectivity index (χ3n) is 6.45. The number of carbonyl (C=O) groups excluding carboxylic acids is 1. The third kappa shape index (κ3) is 6.81. The van der Waals surface area contributed by atoms with Gasteiger partial charge in [0.1, 0.15) is 12.4 Å². The Morgan fingerprint density at radius 3 is 2.35 bits per heavy atom. The molecule has 0 fully saturated rings. The molecule has 3 rings (SSSR count). The maximum atomic E-state index is 13.5. The van der Waals surface area contributed by atoms with E-state index in [2.05, 4.69) is 4.72 Å². The molecule has 2 aromatic carbocycles. The van der Waals surface area contributed by atoms with Crippen LogP contribution in [0.5, 0.6) is 5.75 Å². The van der Waals surface area contributed by atoms with Crippen molar-refractivity contribution in [3.8, 4) is 5.75 Å². The molecule has 10 nitrogen and oxygen atoms in total. The lowest BCUT2D eigenvalue weighted by atomic mass is 10.0. The summed E-state index contributed by atoms with van der Waals surface area (Å²) < 4.78 is 66.6. The number of carbonyl (C=O) groups is 1. The van der Waals surface area contributed by atoms with Crippen LogP contribution < -0.4 is 9.46 Å². The van der Waals surface area contributed by atoms with Crippen molar-refractivity contribution in [2.75, 3.05) is 44.8 Å². The van der Waals surface area contributed by atoms with E-state index in [1.54, 1.807) is 39.1 Å². The average molecular weight is 554 g/mol. The minimum Gasteiger partial charge on any atom is -0.491 e. The predicted molar refractivity (Wildman–Crippen MR) is 142 cm³/mol. The van der Waals surface area contributed by atoms with Gasteiger partial charge in [0.15, 0.2) is 0 Å². The van der Waals surface area contributed by atoms with Gasteiger partial charge in [-0.1, -0.05) is 25.1 Å². The molecule has 1 aliphatic heterocycles. The lowest BCUT2D eigenvalue weighted by molar-refractivity contribution is 0.0213. The Morgan fingerprint density at radius 1 is 1.05 bits per heavy atom. The first-order valence-electron chi connectivity index (χ1n) is 11.8. The van der Waals surface area contributed by atoms with Crippen molar-refractivity contribution in [3.05, 3.63) is 53.6 Å². The number of methoxy groups -OCH3 is 1. The van der Waals surface area contributed by atoms with Crippen molar-refractivity contribution < 1.29 is 31.1 Å². The van der Waals surface area contributed by atoms with Crippen LogP contribution >= 0.6 is 0 Å². The molecular weight excluding hydrogens is 518 g/mol. The first-order valence-corrected chi connectivity index (χ1v) is 15.2. The molecule has 204 valence electrons. The van der Waals surface area contributed by atoms with Crippen molar-refractivity contribution in [1.29, 1.82) is 0 Å². The summed E-state index contributed by atoms with van der Waals surface area (Å²) >= 11 is 0. The van der Waals surface area contributed by atoms with E-state index in [4.69, 9.17) is 9.47 Å². The molecule has 3 atom stereocenters. The number of sulfonamides is 2. The molecule has 37 heavy (non-hydrogen) atoms. The maximum absolute atomic E-state index is 13.5. The molecule has 1 amide bonds. The van der Waals surface area contributed by atoms with Crippen LogP contribution in [-0.4, -0.2) is 84.2 Å². The number of hydrogen-bond donors (Lipinski definition) is 1. The molecule has 2 aromatic rings. The Bertz CT molecular complexity index is 1350. The van der Waals surface area contributed by atoms with Gasteiger partial charge in [0.25, 0.3) is 15.9 Å². The van der Waals surface area contributed by atoms with Gasteiger partial charge in [0.2, 0.25) is 10.0 Å². The molecule has 0 aliphatic carbocycles. The average Bonchev–Trinajstić information content (AvgIpc) is 2.82. The van der Waals surface area contributed by atoms with Crippen LogP contribution in [0.15, 0.2) is 47.4 Å². The standard InChI is InChI=1S/C25H35N3O7S2/c1-17-9-7-8-10-24(17)37(32,33)26-20-11-12-22-21(13-20)25(29)27(4)15-23(34-5)18(2)14-28(36(6,30)31)19(3)16-35-22/h7-13,18-19,23,26H,14-16H2,1-6H3/t18-,19+,23-/m0/s1. The Kier molecular flexibility index (Phi) is 8.89. The number of fused-ring (bicyclic) bond motifs is 1. The number of ether oxygens (including phenoxy) is 2. The smallest absolute Gasteiger partial charge is 0.262 e. The second-order valence-electron chi connectivity index (χ2n) is 9.51. The Balaban J connectivity index is 2.02. The fourth-order valence-corrected chi connectivity index (χ4v) is 6.85. The fourth-order valence-electron chi connectivity index (χ4n) is 4.34. The van der Waals surface area contributed by atoms with E-state index in [1.165, 1.54) is 40.6 Å². The summed E-state index contributed by atoms with van der Waals surface area (Å²) in [7, 11) is -4.32. The summed E-state index contributed by atoms with van der Waals surface area (Å²) in [4.78, 5) is 15.1. The third-order valence-corrected chi connectivity index (χ3v) is 9.35. The lowest BCUT2D eigenvalue weighted by Crippen LogP contribution is -2.48. The summed E-state index contributed by atoms with van der Waals surface area (Å²) in [5, 5.41) is 0. The van der Waals surface area contributed by atoms with Gasteiger partial charge >= 0.3 is 0 Å². The predicted octanol–water partition coefficient (Wildman–Crippen LogP) is 2.56. The zero-order valence-corrected chi connectivity index (χ0v) is 23.6. The first kappa shape index (κ1) is 28.9. The van der Waals surface area contributed by atoms with Gasteiger partial charge in [-0.05, 0) is 49.6 Å². The van der Waals surface area contributed by atoms with Crippen LogP contribution in [0.1, 0.15) is 29.8 Å². The highest BCUT2D eigenvalue weighted by molar-refractivity contribution is 7.92. The number of nitrogens with one attached hydrogen (secondary N) is 1. The van der Waals surface area contributed by atoms with Gasteiger partial charge in [-0.2, -0.15) is 4.31 Å². The number of aryl methyl sites for hydroxylation is 1. The van der Waals surface area contributed by atoms with Crippen LogP contribution in [0, 0.1) is 12.8 Å². The number of nitrogens with zero attached hydrogens (tertiary/aromatic N) is 2. The summed E-state index contributed by atoms with van der Waals surface area (Å²) in [5.74, 6) is -0.378. The monoisotopic (exact) mass is 553 g/mol. The van der Waals surface area contributed by atoms with Crippen LogP contribution in [0.2, 0.25) is 0 Å². The number of anilines is 1. The van der Waals surface area contributed by atoms with Crippen molar-refractivity contribution in [2.24, 2.45) is 5.92 Å². The van der Waals surface area contributed by atoms with E-state index in [0.717, 1.165) is 6.26 Å². The van der Waals surface area contributed by atoms with Crippen molar-refractivity contribution in [3.63, 3.8) is 0 Å². The van der Waals surface area contributed by atoms with E-state index in [0.29, 0.717) is 5.56 Å². The van der Waals surface area contributed by atoms with Crippen LogP contribution in [-0.2, 0) is 24.8 Å². The van der Waals surface area contributed by atoms with E-state index in [9.17, 15) is 21.6 Å². The molecular formula is C25H35N3O7S2. The van der Waals surface area contributed by atoms with Gasteiger partial charge in [0.05, 0.1) is 28.9 Å². The highest BCUT2D eigenvalue weighted by atomic mass is 32.2. The molecule has 0 saturated heterocycles. The molecule has 12 heteroatoms. The largest absolute Gasteiger partial charge is 0.491 e.